The molecule has 0 bridgehead atoms. The third kappa shape index (κ3) is 8.74. The average molecular weight is 609 g/mol. The molecule has 1 amide bonds. The summed E-state index contributed by atoms with van der Waals surface area (Å²) in [7, 11) is -8.82. The number of hydrogen-bond donors (Lipinski definition) is 2. The van der Waals surface area contributed by atoms with Gasteiger partial charge in [0.15, 0.2) is 11.4 Å². The summed E-state index contributed by atoms with van der Waals surface area (Å²) in [6.07, 6.45) is 0. The van der Waals surface area contributed by atoms with E-state index in [1.165, 1.54) is 0 Å². The zero-order valence-corrected chi connectivity index (χ0v) is 24.5. The fourth-order valence-corrected chi connectivity index (χ4v) is 5.74. The van der Waals surface area contributed by atoms with E-state index in [0.717, 1.165) is 33.9 Å². The Morgan fingerprint density at radius 2 is 1.50 bits per heavy atom. The van der Waals surface area contributed by atoms with Crippen LogP contribution in [0.2, 0.25) is 0 Å². The summed E-state index contributed by atoms with van der Waals surface area (Å²) in [6.45, 7) is 8.68. The van der Waals surface area contributed by atoms with Gasteiger partial charge >= 0.3 is 0 Å². The number of rotatable bonds is 7. The minimum atomic E-state index is -4.94. The first-order valence-corrected chi connectivity index (χ1v) is 15.6. The Labute approximate surface area is 238 Å². The van der Waals surface area contributed by atoms with E-state index in [-0.39, 0.29) is 28.6 Å². The van der Waals surface area contributed by atoms with Crippen LogP contribution in [0.25, 0.3) is 21.3 Å². The topological polar surface area (TPSA) is 198 Å². The van der Waals surface area contributed by atoms with Crippen LogP contribution in [0, 0.1) is 10.2 Å². The lowest BCUT2D eigenvalue weighted by molar-refractivity contribution is -2.00. The molecule has 0 radical (unpaired) electrons. The SMILES string of the molecule is CC(C)c1cc(-c2ccccc2)cc(C(C)C)[n+]1CC(=O)Nc1ccc2nc(S(N)(=O)=O)sc2c1.[O-][Cl+3]([O-])([O-])[O-]. The van der Waals surface area contributed by atoms with Gasteiger partial charge < -0.3 is 5.32 Å². The number of halogens is 1. The van der Waals surface area contributed by atoms with Crippen LogP contribution in [0.15, 0.2) is 65.0 Å². The molecule has 0 saturated heterocycles. The molecular formula is C26H29ClN4O7S2. The van der Waals surface area contributed by atoms with Gasteiger partial charge in [0.25, 0.3) is 15.9 Å². The number of sulfonamides is 1. The molecule has 0 aliphatic rings. The third-order valence-corrected chi connectivity index (χ3v) is 8.06. The number of primary sulfonamides is 1. The van der Waals surface area contributed by atoms with Gasteiger partial charge in [-0.25, -0.2) is 37.2 Å². The van der Waals surface area contributed by atoms with Crippen LogP contribution in [0.3, 0.4) is 0 Å². The minimum Gasteiger partial charge on any atom is -0.321 e. The van der Waals surface area contributed by atoms with Crippen molar-refractivity contribution < 1.29 is 46.7 Å². The van der Waals surface area contributed by atoms with Gasteiger partial charge in [-0.3, -0.25) is 4.79 Å². The molecule has 0 saturated carbocycles. The van der Waals surface area contributed by atoms with E-state index >= 15 is 0 Å². The maximum atomic E-state index is 13.1. The second-order valence-corrected chi connectivity index (χ2v) is 13.0. The standard InChI is InChI=1S/C26H28N4O3S2.ClHO4/c1-16(2)22-12-19(18-8-6-5-7-9-18)13-23(17(3)4)30(22)15-25(31)28-20-10-11-21-24(14-20)34-26(29-21)35(27,32)33;2-1(3,4)5/h5-14,16-17H,15H2,1-4H3,(H2-,27,28,31,32,33);(H,2,3,4,5). The molecule has 0 fully saturated rings. The van der Waals surface area contributed by atoms with Crippen molar-refractivity contribution in [3.05, 3.63) is 72.1 Å². The number of anilines is 1. The molecule has 14 heteroatoms. The number of hydrogen-bond acceptors (Lipinski definition) is 9. The van der Waals surface area contributed by atoms with Gasteiger partial charge in [0.2, 0.25) is 10.9 Å². The lowest BCUT2D eigenvalue weighted by Crippen LogP contribution is -2.68. The van der Waals surface area contributed by atoms with Gasteiger partial charge in [0.1, 0.15) is 0 Å². The van der Waals surface area contributed by atoms with Crippen LogP contribution >= 0.6 is 11.3 Å². The number of carbonyl (C=O) groups excluding carboxylic acids is 1. The highest BCUT2D eigenvalue weighted by Crippen LogP contribution is 2.28. The van der Waals surface area contributed by atoms with Crippen molar-refractivity contribution in [2.75, 3.05) is 5.32 Å². The molecule has 2 heterocycles. The molecule has 4 aromatic rings. The lowest BCUT2D eigenvalue weighted by Gasteiger charge is -2.17. The molecule has 0 unspecified atom stereocenters. The van der Waals surface area contributed by atoms with Crippen molar-refractivity contribution in [1.82, 2.24) is 4.98 Å². The number of nitrogens with zero attached hydrogens (tertiary/aromatic N) is 2. The predicted octanol–water partition coefficient (Wildman–Crippen LogP) is 0.0277. The van der Waals surface area contributed by atoms with E-state index in [1.54, 1.807) is 18.2 Å². The van der Waals surface area contributed by atoms with Crippen LogP contribution in [0.1, 0.15) is 50.9 Å². The van der Waals surface area contributed by atoms with Gasteiger partial charge in [0, 0.05) is 29.7 Å². The molecule has 0 aliphatic carbocycles. The third-order valence-electron chi connectivity index (χ3n) is 5.72. The molecule has 214 valence electrons. The summed E-state index contributed by atoms with van der Waals surface area (Å²) in [5, 5.41) is 8.15. The maximum absolute atomic E-state index is 13.1. The summed E-state index contributed by atoms with van der Waals surface area (Å²) in [6, 6.07) is 19.7. The van der Waals surface area contributed by atoms with Crippen molar-refractivity contribution in [3.8, 4) is 11.1 Å². The molecule has 0 spiro atoms. The second kappa shape index (κ2) is 12.7. The van der Waals surface area contributed by atoms with Gasteiger partial charge in [0.05, 0.1) is 10.2 Å². The first-order valence-electron chi connectivity index (χ1n) is 12.0. The number of pyridine rings is 1. The minimum absolute atomic E-state index is 0.145. The number of aromatic nitrogens is 2. The Bertz CT molecular complexity index is 1570. The summed E-state index contributed by atoms with van der Waals surface area (Å²) in [4.78, 5) is 17.2. The van der Waals surface area contributed by atoms with E-state index in [9.17, 15) is 13.2 Å². The Morgan fingerprint density at radius 3 is 2.00 bits per heavy atom. The Balaban J connectivity index is 0.000000810. The van der Waals surface area contributed by atoms with Crippen molar-refractivity contribution in [1.29, 1.82) is 0 Å². The highest BCUT2D eigenvalue weighted by atomic mass is 35.7. The molecule has 0 atom stereocenters. The number of thiazole rings is 1. The van der Waals surface area contributed by atoms with Crippen molar-refractivity contribution in [3.63, 3.8) is 0 Å². The average Bonchev–Trinajstić information content (AvgIpc) is 3.27. The summed E-state index contributed by atoms with van der Waals surface area (Å²) < 4.78 is 59.8. The van der Waals surface area contributed by atoms with E-state index in [2.05, 4.69) is 66.8 Å². The fraction of sp³-hybridized carbons (Fsp3) is 0.269. The van der Waals surface area contributed by atoms with E-state index in [4.69, 9.17) is 23.8 Å². The van der Waals surface area contributed by atoms with Crippen molar-refractivity contribution in [2.45, 2.75) is 50.4 Å². The van der Waals surface area contributed by atoms with Gasteiger partial charge in [-0.05, 0) is 29.3 Å². The van der Waals surface area contributed by atoms with Gasteiger partial charge in [-0.15, -0.1) is 21.6 Å². The number of amides is 1. The van der Waals surface area contributed by atoms with E-state index in [0.29, 0.717) is 15.9 Å². The molecule has 0 aliphatic heterocycles. The number of nitrogens with two attached hydrogens (primary N) is 1. The Kier molecular flexibility index (Phi) is 9.98. The largest absolute Gasteiger partial charge is 0.321 e. The first kappa shape index (κ1) is 31.5. The summed E-state index contributed by atoms with van der Waals surface area (Å²) in [5.74, 6) is 0.269. The van der Waals surface area contributed by atoms with Crippen LogP contribution in [-0.2, 0) is 21.4 Å². The lowest BCUT2D eigenvalue weighted by atomic mass is 9.97. The quantitative estimate of drug-likeness (QED) is 0.274. The molecule has 3 N–H and O–H groups in total. The smallest absolute Gasteiger partial charge is 0.290 e. The number of benzene rings is 2. The summed E-state index contributed by atoms with van der Waals surface area (Å²) >= 11 is 0.981. The van der Waals surface area contributed by atoms with Crippen LogP contribution < -0.4 is 33.7 Å². The maximum Gasteiger partial charge on any atom is 0.290 e. The highest BCUT2D eigenvalue weighted by Gasteiger charge is 2.26. The molecule has 40 heavy (non-hydrogen) atoms. The van der Waals surface area contributed by atoms with Crippen molar-refractivity contribution >= 4 is 43.2 Å². The van der Waals surface area contributed by atoms with Crippen LogP contribution in [0.4, 0.5) is 5.69 Å². The zero-order valence-electron chi connectivity index (χ0n) is 22.2. The highest BCUT2D eigenvalue weighted by molar-refractivity contribution is 7.91. The predicted molar refractivity (Wildman–Crippen MR) is 140 cm³/mol. The van der Waals surface area contributed by atoms with E-state index < -0.39 is 20.3 Å². The molecule has 2 aromatic carbocycles. The molecular weight excluding hydrogens is 580 g/mol. The number of nitrogens with one attached hydrogen (secondary N) is 1. The second-order valence-electron chi connectivity index (χ2n) is 9.49. The van der Waals surface area contributed by atoms with E-state index in [1.807, 2.05) is 18.2 Å². The number of fused-ring (bicyclic) bond motifs is 1. The molecule has 11 nitrogen and oxygen atoms in total. The monoisotopic (exact) mass is 608 g/mol. The Morgan fingerprint density at radius 1 is 0.950 bits per heavy atom. The Hall–Kier alpha value is -3.01. The van der Waals surface area contributed by atoms with Gasteiger partial charge in [-0.2, -0.15) is 4.57 Å². The van der Waals surface area contributed by atoms with Gasteiger partial charge in [-0.1, -0.05) is 58.0 Å². The molecule has 4 rings (SSSR count). The molecule has 2 aromatic heterocycles. The van der Waals surface area contributed by atoms with Crippen molar-refractivity contribution in [2.24, 2.45) is 5.14 Å². The fourth-order valence-electron chi connectivity index (χ4n) is 4.05. The zero-order chi connectivity index (χ0) is 29.8. The number of carbonyl (C=O) groups is 1. The normalized spacial score (nSPS) is 12.0. The van der Waals surface area contributed by atoms with Crippen LogP contribution in [0.5, 0.6) is 0 Å². The first-order chi connectivity index (χ1) is 18.5. The summed E-state index contributed by atoms with van der Waals surface area (Å²) in [5.41, 5.74) is 5.54. The van der Waals surface area contributed by atoms with Crippen LogP contribution in [-0.4, -0.2) is 19.3 Å².